The van der Waals surface area contributed by atoms with Gasteiger partial charge < -0.3 is 5.32 Å². The summed E-state index contributed by atoms with van der Waals surface area (Å²) >= 11 is 0. The van der Waals surface area contributed by atoms with Gasteiger partial charge in [-0.25, -0.2) is 4.39 Å². The molecule has 3 heteroatoms. The average Bonchev–Trinajstić information content (AvgIpc) is 2.44. The van der Waals surface area contributed by atoms with Crippen LogP contribution in [-0.2, 0) is 6.42 Å². The molecule has 0 aromatic heterocycles. The smallest absolute Gasteiger partial charge is 0.102 e. The summed E-state index contributed by atoms with van der Waals surface area (Å²) in [6, 6.07) is 10.9. The van der Waals surface area contributed by atoms with Crippen LogP contribution in [-0.4, -0.2) is 42.8 Å². The minimum atomic E-state index is -0.256. The molecule has 2 unspecified atom stereocenters. The first-order valence-electron chi connectivity index (χ1n) is 7.26. The van der Waals surface area contributed by atoms with E-state index in [9.17, 15) is 4.39 Å². The zero-order chi connectivity index (χ0) is 13.7. The van der Waals surface area contributed by atoms with Gasteiger partial charge in [-0.05, 0) is 25.3 Å². The van der Waals surface area contributed by atoms with Gasteiger partial charge in [0.15, 0.2) is 0 Å². The van der Waals surface area contributed by atoms with E-state index in [1.165, 1.54) is 5.56 Å². The van der Waals surface area contributed by atoms with Crippen molar-refractivity contribution in [2.75, 3.05) is 26.3 Å². The topological polar surface area (TPSA) is 15.3 Å². The predicted molar refractivity (Wildman–Crippen MR) is 78.2 cm³/mol. The van der Waals surface area contributed by atoms with Crippen molar-refractivity contribution in [3.05, 3.63) is 35.9 Å². The molecule has 1 aromatic rings. The number of rotatable bonds is 5. The van der Waals surface area contributed by atoms with Crippen LogP contribution in [0.25, 0.3) is 0 Å². The van der Waals surface area contributed by atoms with Gasteiger partial charge >= 0.3 is 0 Å². The van der Waals surface area contributed by atoms with E-state index in [1.807, 2.05) is 6.07 Å². The zero-order valence-electron chi connectivity index (χ0n) is 12.0. The maximum absolute atomic E-state index is 12.7. The maximum Gasteiger partial charge on any atom is 0.102 e. The molecule has 1 aromatic carbocycles. The van der Waals surface area contributed by atoms with Crippen LogP contribution in [0, 0.1) is 0 Å². The number of nitrogens with zero attached hydrogens (tertiary/aromatic N) is 1. The van der Waals surface area contributed by atoms with Gasteiger partial charge in [0.1, 0.15) is 6.67 Å². The van der Waals surface area contributed by atoms with Gasteiger partial charge in [0.2, 0.25) is 0 Å². The van der Waals surface area contributed by atoms with Gasteiger partial charge in [-0.1, -0.05) is 37.3 Å². The Balaban J connectivity index is 1.99. The molecular formula is C16H25FN2. The molecule has 2 nitrogen and oxygen atoms in total. The van der Waals surface area contributed by atoms with Crippen molar-refractivity contribution >= 4 is 0 Å². The molecular weight excluding hydrogens is 239 g/mol. The van der Waals surface area contributed by atoms with Crippen molar-refractivity contribution in [2.45, 2.75) is 38.3 Å². The van der Waals surface area contributed by atoms with Crippen molar-refractivity contribution in [2.24, 2.45) is 0 Å². The van der Waals surface area contributed by atoms with Crippen LogP contribution >= 0.6 is 0 Å². The Hall–Kier alpha value is -0.930. The van der Waals surface area contributed by atoms with Crippen LogP contribution in [0.5, 0.6) is 0 Å². The van der Waals surface area contributed by atoms with E-state index in [4.69, 9.17) is 0 Å². The van der Waals surface area contributed by atoms with Crippen LogP contribution in [0.4, 0.5) is 4.39 Å². The molecule has 2 rings (SSSR count). The van der Waals surface area contributed by atoms with E-state index in [0.29, 0.717) is 12.6 Å². The summed E-state index contributed by atoms with van der Waals surface area (Å²) in [6.07, 6.45) is 2.07. The summed E-state index contributed by atoms with van der Waals surface area (Å²) in [5, 5.41) is 3.63. The highest BCUT2D eigenvalue weighted by Crippen LogP contribution is 2.23. The molecule has 1 saturated heterocycles. The quantitative estimate of drug-likeness (QED) is 0.879. The highest BCUT2D eigenvalue weighted by Gasteiger charge is 2.35. The van der Waals surface area contributed by atoms with Gasteiger partial charge in [0.25, 0.3) is 0 Å². The summed E-state index contributed by atoms with van der Waals surface area (Å²) in [6.45, 7) is 6.59. The summed E-state index contributed by atoms with van der Waals surface area (Å²) in [5.41, 5.74) is 1.44. The molecule has 1 aliphatic heterocycles. The molecule has 0 bridgehead atoms. The number of benzene rings is 1. The lowest BCUT2D eigenvalue weighted by Crippen LogP contribution is -2.63. The van der Waals surface area contributed by atoms with Gasteiger partial charge in [0, 0.05) is 31.2 Å². The Bertz CT molecular complexity index is 382. The third kappa shape index (κ3) is 3.54. The Labute approximate surface area is 116 Å². The molecule has 1 heterocycles. The summed E-state index contributed by atoms with van der Waals surface area (Å²) < 4.78 is 12.7. The molecule has 0 aliphatic carbocycles. The second-order valence-corrected chi connectivity index (χ2v) is 5.75. The largest absolute Gasteiger partial charge is 0.311 e. The number of nitrogens with one attached hydrogen (secondary N) is 1. The normalized spacial score (nSPS) is 28.5. The number of hydrogen-bond donors (Lipinski definition) is 1. The Kier molecular flexibility index (Phi) is 4.94. The third-order valence-electron chi connectivity index (χ3n) is 4.42. The van der Waals surface area contributed by atoms with Crippen molar-refractivity contribution in [3.63, 3.8) is 0 Å². The second-order valence-electron chi connectivity index (χ2n) is 5.75. The first kappa shape index (κ1) is 14.5. The van der Waals surface area contributed by atoms with Gasteiger partial charge in [-0.3, -0.25) is 4.90 Å². The van der Waals surface area contributed by atoms with Gasteiger partial charge in [0.05, 0.1) is 0 Å². The lowest BCUT2D eigenvalue weighted by Gasteiger charge is -2.47. The molecule has 1 fully saturated rings. The van der Waals surface area contributed by atoms with Gasteiger partial charge in [-0.15, -0.1) is 0 Å². The standard InChI is InChI=1S/C16H25FN2/c1-3-16(2)13-18-15(12-19(16)10-9-17)11-14-7-5-4-6-8-14/h4-8,15,18H,3,9-13H2,1-2H3. The monoisotopic (exact) mass is 264 g/mol. The molecule has 2 atom stereocenters. The van der Waals surface area contributed by atoms with Crippen LogP contribution in [0.2, 0.25) is 0 Å². The van der Waals surface area contributed by atoms with E-state index in [0.717, 1.165) is 25.9 Å². The van der Waals surface area contributed by atoms with Crippen molar-refractivity contribution in [3.8, 4) is 0 Å². The summed E-state index contributed by atoms with van der Waals surface area (Å²) in [5.74, 6) is 0. The number of halogens is 1. The first-order chi connectivity index (χ1) is 9.18. The molecule has 106 valence electrons. The maximum atomic E-state index is 12.7. The minimum Gasteiger partial charge on any atom is -0.311 e. The highest BCUT2D eigenvalue weighted by atomic mass is 19.1. The number of hydrogen-bond acceptors (Lipinski definition) is 2. The number of piperazine rings is 1. The van der Waals surface area contributed by atoms with E-state index >= 15 is 0 Å². The molecule has 1 N–H and O–H groups in total. The molecule has 0 amide bonds. The van der Waals surface area contributed by atoms with Gasteiger partial charge in [-0.2, -0.15) is 0 Å². The Morgan fingerprint density at radius 2 is 2.11 bits per heavy atom. The fourth-order valence-electron chi connectivity index (χ4n) is 2.87. The Morgan fingerprint density at radius 3 is 2.74 bits per heavy atom. The number of alkyl halides is 1. The SMILES string of the molecule is CCC1(C)CNC(Cc2ccccc2)CN1CCF. The van der Waals surface area contributed by atoms with Crippen molar-refractivity contribution < 1.29 is 4.39 Å². The fourth-order valence-corrected chi connectivity index (χ4v) is 2.87. The van der Waals surface area contributed by atoms with Crippen molar-refractivity contribution in [1.29, 1.82) is 0 Å². The van der Waals surface area contributed by atoms with E-state index < -0.39 is 0 Å². The predicted octanol–water partition coefficient (Wildman–Crippen LogP) is 2.64. The molecule has 19 heavy (non-hydrogen) atoms. The van der Waals surface area contributed by atoms with Crippen LogP contribution in [0.1, 0.15) is 25.8 Å². The molecule has 0 saturated carbocycles. The minimum absolute atomic E-state index is 0.0965. The lowest BCUT2D eigenvalue weighted by molar-refractivity contribution is 0.0438. The van der Waals surface area contributed by atoms with E-state index in [1.54, 1.807) is 0 Å². The van der Waals surface area contributed by atoms with E-state index in [2.05, 4.69) is 48.3 Å². The highest BCUT2D eigenvalue weighted by molar-refractivity contribution is 5.16. The molecule has 0 radical (unpaired) electrons. The van der Waals surface area contributed by atoms with E-state index in [-0.39, 0.29) is 12.2 Å². The van der Waals surface area contributed by atoms with Crippen LogP contribution in [0.15, 0.2) is 30.3 Å². The first-order valence-corrected chi connectivity index (χ1v) is 7.26. The lowest BCUT2D eigenvalue weighted by atomic mass is 9.90. The van der Waals surface area contributed by atoms with Crippen LogP contribution < -0.4 is 5.32 Å². The zero-order valence-corrected chi connectivity index (χ0v) is 12.0. The third-order valence-corrected chi connectivity index (χ3v) is 4.42. The fraction of sp³-hybridized carbons (Fsp3) is 0.625. The molecule has 0 spiro atoms. The average molecular weight is 264 g/mol. The van der Waals surface area contributed by atoms with Crippen LogP contribution in [0.3, 0.4) is 0 Å². The Morgan fingerprint density at radius 1 is 1.37 bits per heavy atom. The summed E-state index contributed by atoms with van der Waals surface area (Å²) in [4.78, 5) is 2.32. The summed E-state index contributed by atoms with van der Waals surface area (Å²) in [7, 11) is 0. The second kappa shape index (κ2) is 6.49. The van der Waals surface area contributed by atoms with Crippen molar-refractivity contribution in [1.82, 2.24) is 10.2 Å². The molecule has 1 aliphatic rings.